The first-order valence-corrected chi connectivity index (χ1v) is 6.34. The van der Waals surface area contributed by atoms with Crippen LogP contribution in [0.25, 0.3) is 0 Å². The van der Waals surface area contributed by atoms with Crippen LogP contribution in [0.2, 0.25) is 0 Å². The Labute approximate surface area is 193 Å². The van der Waals surface area contributed by atoms with E-state index in [4.69, 9.17) is 40.9 Å². The molecule has 0 aromatic carbocycles. The predicted octanol–water partition coefficient (Wildman–Crippen LogP) is -3.64. The zero-order chi connectivity index (χ0) is 21.3. The molecule has 0 spiro atoms. The van der Waals surface area contributed by atoms with Gasteiger partial charge in [0.2, 0.25) is 0 Å². The molecule has 0 unspecified atom stereocenters. The Morgan fingerprint density at radius 1 is 0.448 bits per heavy atom. The van der Waals surface area contributed by atoms with Crippen LogP contribution in [0.4, 0.5) is 0 Å². The van der Waals surface area contributed by atoms with Crippen LogP contribution in [0, 0.1) is 0 Å². The number of carbonyl (C=O) groups is 6. The number of hydrogen-bond donors (Lipinski definition) is 8. The fraction of sp³-hybridized carbons (Fsp3) is 0.500. The van der Waals surface area contributed by atoms with Gasteiger partial charge in [-0.05, 0) is 0 Å². The Balaban J connectivity index is -0.000000120. The van der Waals surface area contributed by atoms with Gasteiger partial charge in [-0.15, -0.1) is 0 Å². The summed E-state index contributed by atoms with van der Waals surface area (Å²) in [5.74, 6) is -10.0. The molecule has 0 heterocycles. The summed E-state index contributed by atoms with van der Waals surface area (Å²) in [6.07, 6.45) is -4.58. The first-order valence-electron chi connectivity index (χ1n) is 6.34. The molecule has 0 aromatic rings. The number of aliphatic carboxylic acids is 6. The monoisotopic (exact) mass is 624 g/mol. The summed E-state index contributed by atoms with van der Waals surface area (Å²) in [6.45, 7) is 0. The largest absolute Gasteiger partial charge is 0.481 e. The van der Waals surface area contributed by atoms with Gasteiger partial charge in [-0.2, -0.15) is 0 Å². The summed E-state index contributed by atoms with van der Waals surface area (Å²) in [4.78, 5) is 61.0. The number of hydrogen-bond acceptors (Lipinski definition) is 8. The summed E-state index contributed by atoms with van der Waals surface area (Å²) in [7, 11) is 0. The normalized spacial score (nSPS) is 9.72. The molecule has 0 aromatic heterocycles. The first-order chi connectivity index (χ1) is 11.6. The van der Waals surface area contributed by atoms with Gasteiger partial charge in [0.25, 0.3) is 0 Å². The molecular formula is C12H16O14Se3. The molecule has 0 fully saturated rings. The maximum Gasteiger partial charge on any atom is 0.336 e. The molecule has 0 bridgehead atoms. The second-order valence-electron chi connectivity index (χ2n) is 4.96. The molecule has 0 aliphatic rings. The van der Waals surface area contributed by atoms with E-state index in [0.717, 1.165) is 0 Å². The van der Waals surface area contributed by atoms with E-state index in [1.807, 2.05) is 0 Å². The molecule has 8 N–H and O–H groups in total. The van der Waals surface area contributed by atoms with Gasteiger partial charge in [-0.1, -0.05) is 0 Å². The van der Waals surface area contributed by atoms with E-state index < -0.39 is 72.7 Å². The topological polar surface area (TPSA) is 264 Å². The van der Waals surface area contributed by atoms with E-state index in [2.05, 4.69) is 0 Å². The van der Waals surface area contributed by atoms with Gasteiger partial charge in [-0.3, -0.25) is 19.2 Å². The molecule has 14 nitrogen and oxygen atoms in total. The van der Waals surface area contributed by atoms with Crippen LogP contribution in [0.5, 0.6) is 0 Å². The van der Waals surface area contributed by atoms with Gasteiger partial charge in [0.1, 0.15) is 0 Å². The number of carboxylic acid groups (broad SMARTS) is 6. The Morgan fingerprint density at radius 3 is 0.655 bits per heavy atom. The van der Waals surface area contributed by atoms with E-state index in [1.165, 1.54) is 0 Å². The summed E-state index contributed by atoms with van der Waals surface area (Å²) >= 11 is 0. The van der Waals surface area contributed by atoms with Gasteiger partial charge >= 0.3 is 35.8 Å². The van der Waals surface area contributed by atoms with Crippen LogP contribution >= 0.6 is 0 Å². The van der Waals surface area contributed by atoms with Crippen molar-refractivity contribution in [3.05, 3.63) is 0 Å². The maximum absolute atomic E-state index is 10.3. The third-order valence-corrected chi connectivity index (χ3v) is 2.57. The maximum atomic E-state index is 10.3. The minimum absolute atomic E-state index is 0. The second kappa shape index (κ2) is 16.1. The van der Waals surface area contributed by atoms with Gasteiger partial charge in [-0.25, -0.2) is 9.59 Å². The first kappa shape index (κ1) is 38.0. The summed E-state index contributed by atoms with van der Waals surface area (Å²) in [5.41, 5.74) is -5.48. The van der Waals surface area contributed by atoms with E-state index in [-0.39, 0.29) is 51.2 Å². The molecule has 0 amide bonds. The molecular weight excluding hydrogens is 605 g/mol. The summed E-state index contributed by atoms with van der Waals surface area (Å²) in [5, 5.41) is 67.6. The van der Waals surface area contributed by atoms with Gasteiger partial charge in [0.15, 0.2) is 11.2 Å². The van der Waals surface area contributed by atoms with Crippen LogP contribution in [0.1, 0.15) is 25.7 Å². The van der Waals surface area contributed by atoms with E-state index in [9.17, 15) is 28.8 Å². The third-order valence-electron chi connectivity index (χ3n) is 2.57. The molecule has 17 heteroatoms. The van der Waals surface area contributed by atoms with E-state index >= 15 is 0 Å². The molecule has 0 atom stereocenters. The number of rotatable bonds is 10. The molecule has 0 saturated carbocycles. The molecule has 0 saturated heterocycles. The average molecular weight is 621 g/mol. The minimum atomic E-state index is -2.74. The zero-order valence-corrected chi connectivity index (χ0v) is 19.2. The Morgan fingerprint density at radius 2 is 0.586 bits per heavy atom. The van der Waals surface area contributed by atoms with E-state index in [1.54, 1.807) is 0 Å². The molecule has 0 aliphatic heterocycles. The average Bonchev–Trinajstić information content (AvgIpc) is 2.34. The zero-order valence-electron chi connectivity index (χ0n) is 14.1. The summed E-state index contributed by atoms with van der Waals surface area (Å²) in [6, 6.07) is 0. The molecule has 0 aliphatic carbocycles. The third kappa shape index (κ3) is 16.9. The Kier molecular flexibility index (Phi) is 21.1. The van der Waals surface area contributed by atoms with Crippen LogP contribution in [0.3, 0.4) is 0 Å². The van der Waals surface area contributed by atoms with Crippen LogP contribution in [-0.2, 0) is 28.8 Å². The fourth-order valence-corrected chi connectivity index (χ4v) is 1.43. The number of aliphatic hydroxyl groups is 2. The quantitative estimate of drug-likeness (QED) is 0.110. The Hall–Kier alpha value is -1.70. The molecule has 29 heavy (non-hydrogen) atoms. The van der Waals surface area contributed by atoms with Crippen molar-refractivity contribution in [2.45, 2.75) is 36.9 Å². The van der Waals surface area contributed by atoms with Crippen LogP contribution in [0.15, 0.2) is 0 Å². The molecule has 0 rings (SSSR count). The van der Waals surface area contributed by atoms with Crippen molar-refractivity contribution < 1.29 is 69.6 Å². The Bertz CT molecular complexity index is 521. The number of carboxylic acids is 6. The molecule has 166 valence electrons. The van der Waals surface area contributed by atoms with Crippen molar-refractivity contribution in [2.24, 2.45) is 0 Å². The van der Waals surface area contributed by atoms with Gasteiger partial charge in [0.05, 0.1) is 25.7 Å². The second-order valence-corrected chi connectivity index (χ2v) is 4.96. The standard InChI is InChI=1S/2C6H8O7.3Se/c2*7-3(8)1-6(13,5(11)12)2-4(9)10;;;/h2*13H,1-2H2,(H,7,8)(H,9,10)(H,11,12);;;. The van der Waals surface area contributed by atoms with Crippen molar-refractivity contribution in [1.82, 2.24) is 0 Å². The van der Waals surface area contributed by atoms with Crippen LogP contribution in [-0.4, -0.2) is 139 Å². The summed E-state index contributed by atoms with van der Waals surface area (Å²) < 4.78 is 0. The van der Waals surface area contributed by atoms with Crippen molar-refractivity contribution in [3.63, 3.8) is 0 Å². The predicted molar refractivity (Wildman–Crippen MR) is 91.4 cm³/mol. The van der Waals surface area contributed by atoms with Crippen LogP contribution < -0.4 is 0 Å². The minimum Gasteiger partial charge on any atom is -0.481 e. The fourth-order valence-electron chi connectivity index (χ4n) is 1.43. The van der Waals surface area contributed by atoms with Crippen molar-refractivity contribution in [3.8, 4) is 0 Å². The smallest absolute Gasteiger partial charge is 0.336 e. The van der Waals surface area contributed by atoms with Crippen molar-refractivity contribution in [2.75, 3.05) is 0 Å². The van der Waals surface area contributed by atoms with Crippen molar-refractivity contribution in [1.29, 1.82) is 0 Å². The van der Waals surface area contributed by atoms with Gasteiger partial charge in [0, 0.05) is 51.2 Å². The molecule has 6 radical (unpaired) electrons. The SMILES string of the molecule is O=C(O)CC(O)(CC(=O)O)C(=O)O.O=C(O)CC(O)(CC(=O)O)C(=O)O.[Se].[Se].[Se]. The van der Waals surface area contributed by atoms with Gasteiger partial charge < -0.3 is 40.9 Å². The van der Waals surface area contributed by atoms with Crippen molar-refractivity contribution >= 4 is 87.0 Å². The van der Waals surface area contributed by atoms with E-state index in [0.29, 0.717) is 0 Å².